The topological polar surface area (TPSA) is 0 Å². The molecular weight excluding hydrogens is 3580 g/mol. The minimum absolute atomic E-state index is 0.152. The van der Waals surface area contributed by atoms with E-state index < -0.39 is 0 Å². The summed E-state index contributed by atoms with van der Waals surface area (Å²) >= 11 is 75.8. The minimum atomic E-state index is -0.267. The second-order valence-electron chi connectivity index (χ2n) is 7.34. The maximum atomic E-state index is 2.81. The maximum Gasteiger partial charge on any atom is 0.135 e. The summed E-state index contributed by atoms with van der Waals surface area (Å²) in [7, 11) is 0. The lowest BCUT2D eigenvalue weighted by Crippen LogP contribution is -2.78. The Morgan fingerprint density at radius 1 is 0.175 bits per heavy atom. The standard InChI is InChI=1S/C13HI27/c14-5(15,16)2(6(17,18)19,7(20,21)22)1(3(8(23,24)25,9(26,27)28)10(29,30)31)4(11(32,33)34,12(35,36)37)13(38,39)40/h1H. The Morgan fingerprint density at radius 3 is 0.300 bits per heavy atom. The number of rotatable bonds is 12. The Kier molecular flexibility index (Phi) is 32.5. The van der Waals surface area contributed by atoms with Gasteiger partial charge in [-0.15, -0.1) is 0 Å². The molecule has 0 aromatic rings. The number of alkyl halides is 27. The van der Waals surface area contributed by atoms with Gasteiger partial charge in [0.25, 0.3) is 0 Å². The van der Waals surface area contributed by atoms with Gasteiger partial charge in [0.15, 0.2) is 0 Å². The molecule has 0 fully saturated rings. The Balaban J connectivity index is 10.1. The van der Waals surface area contributed by atoms with Gasteiger partial charge in [-0.3, -0.25) is 0 Å². The molecule has 0 radical (unpaired) electrons. The lowest BCUT2D eigenvalue weighted by molar-refractivity contribution is 0.00578. The second kappa shape index (κ2) is 21.8. The lowest BCUT2D eigenvalue weighted by Gasteiger charge is -2.73. The van der Waals surface area contributed by atoms with Crippen molar-refractivity contribution in [2.45, 2.75) is -5.08 Å². The van der Waals surface area contributed by atoms with Crippen LogP contribution in [0.25, 0.3) is 0 Å². The molecule has 0 saturated carbocycles. The zero-order valence-corrected chi connectivity index (χ0v) is 75.0. The van der Waals surface area contributed by atoms with E-state index in [1.807, 2.05) is 0 Å². The summed E-state index contributed by atoms with van der Waals surface area (Å²) in [6.45, 7) is 0. The van der Waals surface area contributed by atoms with Gasteiger partial charge in [-0.1, -0.05) is 610 Å². The van der Waals surface area contributed by atoms with Crippen LogP contribution in [0.3, 0.4) is 0 Å². The molecule has 0 bridgehead atoms. The molecule has 0 aromatic carbocycles. The third-order valence-corrected chi connectivity index (χ3v) is 28.3. The average Bonchev–Trinajstić information content (AvgIpc) is 2.41. The van der Waals surface area contributed by atoms with Crippen LogP contribution in [0, 0.1) is 22.2 Å². The minimum Gasteiger partial charge on any atom is -0.0545 e. The van der Waals surface area contributed by atoms with E-state index >= 15 is 0 Å². The van der Waals surface area contributed by atoms with E-state index in [0.717, 1.165) is 0 Å². The molecule has 40 heavy (non-hydrogen) atoms. The van der Waals surface area contributed by atoms with E-state index in [9.17, 15) is 0 Å². The van der Waals surface area contributed by atoms with E-state index in [0.29, 0.717) is 0 Å². The Morgan fingerprint density at radius 2 is 0.250 bits per heavy atom. The summed E-state index contributed by atoms with van der Waals surface area (Å²) in [6, 6.07) is 0. The van der Waals surface area contributed by atoms with Gasteiger partial charge in [0, 0.05) is 5.92 Å². The predicted octanol–water partition coefficient (Wildman–Crippen LogP) is 22.2. The van der Waals surface area contributed by atoms with E-state index in [2.05, 4.69) is 610 Å². The molecule has 0 aromatic heterocycles. The van der Waals surface area contributed by atoms with Crippen LogP contribution < -0.4 is 0 Å². The molecule has 0 aliphatic rings. The van der Waals surface area contributed by atoms with Gasteiger partial charge in [0.1, 0.15) is -5.08 Å². The van der Waals surface area contributed by atoms with Gasteiger partial charge in [0.2, 0.25) is 0 Å². The SMILES string of the molecule is IC(I)(I)C(C(C(C(I)(I)I)(C(I)(I)I)C(I)(I)I)C(C(I)(I)I)(C(I)(I)I)C(I)(I)I)(C(I)(I)I)C(I)(I)I. The monoisotopic (exact) mass is 3580 g/mol. The van der Waals surface area contributed by atoms with Crippen LogP contribution in [-0.4, -0.2) is -5.08 Å². The first-order valence-electron chi connectivity index (χ1n) is 8.22. The van der Waals surface area contributed by atoms with Crippen LogP contribution >= 0.6 is 610 Å². The highest BCUT2D eigenvalue weighted by atomic mass is 127. The van der Waals surface area contributed by atoms with Gasteiger partial charge in [0.05, 0.1) is 16.2 Å². The fraction of sp³-hybridized carbons (Fsp3) is 1.00. The molecule has 0 amide bonds. The van der Waals surface area contributed by atoms with Crippen molar-refractivity contribution >= 4 is 610 Å². The Bertz CT molecular complexity index is 652. The summed E-state index contributed by atoms with van der Waals surface area (Å²) in [4.78, 5) is 0. The fourth-order valence-electron chi connectivity index (χ4n) is 3.89. The number of hydrogen-bond acceptors (Lipinski definition) is 0. The summed E-state index contributed by atoms with van der Waals surface area (Å²) in [6.07, 6.45) is 0. The van der Waals surface area contributed by atoms with Crippen molar-refractivity contribution in [1.82, 2.24) is 0 Å². The smallest absolute Gasteiger partial charge is 0.0545 e. The van der Waals surface area contributed by atoms with Crippen LogP contribution in [0.2, 0.25) is 0 Å². The summed E-state index contributed by atoms with van der Waals surface area (Å²) in [5.74, 6) is 0.152. The molecule has 0 N–H and O–H groups in total. The third kappa shape index (κ3) is 13.2. The molecule has 0 unspecified atom stereocenters. The highest BCUT2D eigenvalue weighted by Crippen LogP contribution is 2.93. The summed E-state index contributed by atoms with van der Waals surface area (Å²) in [5.41, 5.74) is -0.802. The molecule has 0 heterocycles. The first-order chi connectivity index (χ1) is 16.6. The molecule has 27 heteroatoms. The zero-order chi connectivity index (χ0) is 33.6. The Labute approximate surface area is 605 Å². The quantitative estimate of drug-likeness (QED) is 0.135. The normalized spacial score (nSPS) is 17.1. The van der Waals surface area contributed by atoms with Gasteiger partial charge in [-0.25, -0.2) is 0 Å². The number of hydrogen-bond donors (Lipinski definition) is 0. The van der Waals surface area contributed by atoms with E-state index in [4.69, 9.17) is 0 Å². The van der Waals surface area contributed by atoms with Crippen molar-refractivity contribution in [2.24, 2.45) is 22.2 Å². The lowest BCUT2D eigenvalue weighted by atomic mass is 9.56. The highest BCUT2D eigenvalue weighted by molar-refractivity contribution is 14.3. The fourth-order valence-corrected chi connectivity index (χ4v) is 75.9. The predicted molar refractivity (Wildman–Crippen MR) is 414 cm³/mol. The largest absolute Gasteiger partial charge is 0.135 e. The first-order valence-corrected chi connectivity index (χ1v) is 37.3. The first kappa shape index (κ1) is 59.7. The van der Waals surface area contributed by atoms with Crippen LogP contribution in [0.4, 0.5) is 0 Å². The van der Waals surface area contributed by atoms with Gasteiger partial charge in [-0.05, 0) is 0 Å². The van der Waals surface area contributed by atoms with Crippen LogP contribution in [0.1, 0.15) is 0 Å². The number of halogens is 27. The molecule has 242 valence electrons. The third-order valence-electron chi connectivity index (χ3n) is 5.32. The zero-order valence-electron chi connectivity index (χ0n) is 16.8. The molecule has 0 atom stereocenters. The van der Waals surface area contributed by atoms with Crippen molar-refractivity contribution in [2.75, 3.05) is 0 Å². The average molecular weight is 3580 g/mol. The second-order valence-corrected chi connectivity index (χ2v) is 107. The molecule has 0 nitrogen and oxygen atoms in total. The van der Waals surface area contributed by atoms with Crippen molar-refractivity contribution in [3.63, 3.8) is 0 Å². The van der Waals surface area contributed by atoms with E-state index in [1.165, 1.54) is 0 Å². The van der Waals surface area contributed by atoms with Crippen molar-refractivity contribution < 1.29 is 0 Å². The van der Waals surface area contributed by atoms with Gasteiger partial charge < -0.3 is 0 Å². The summed E-state index contributed by atoms with van der Waals surface area (Å²) < 4.78 is -1.56. The molecule has 0 aliphatic carbocycles. The van der Waals surface area contributed by atoms with Crippen molar-refractivity contribution in [3.8, 4) is 0 Å². The van der Waals surface area contributed by atoms with Crippen LogP contribution in [0.5, 0.6) is 0 Å². The maximum absolute atomic E-state index is 2.81. The molecule has 0 spiro atoms. The van der Waals surface area contributed by atoms with Gasteiger partial charge in [-0.2, -0.15) is 0 Å². The highest BCUT2D eigenvalue weighted by Gasteiger charge is 2.89. The molecule has 0 saturated heterocycles. The molecular formula is C13HI27. The van der Waals surface area contributed by atoms with Crippen molar-refractivity contribution in [3.05, 3.63) is 0 Å². The van der Waals surface area contributed by atoms with Crippen LogP contribution in [0.15, 0.2) is 0 Å². The van der Waals surface area contributed by atoms with E-state index in [1.54, 1.807) is 0 Å². The van der Waals surface area contributed by atoms with Crippen molar-refractivity contribution in [1.29, 1.82) is 0 Å². The van der Waals surface area contributed by atoms with E-state index in [-0.39, 0.29) is 17.1 Å². The molecule has 0 rings (SSSR count). The summed E-state index contributed by atoms with van der Waals surface area (Å²) in [5, 5.41) is 0. The van der Waals surface area contributed by atoms with Crippen LogP contribution in [-0.2, 0) is 0 Å². The van der Waals surface area contributed by atoms with Gasteiger partial charge >= 0.3 is 0 Å². The Hall–Kier alpha value is 19.7. The molecule has 0 aliphatic heterocycles.